The summed E-state index contributed by atoms with van der Waals surface area (Å²) in [6.07, 6.45) is 4.79. The van der Waals surface area contributed by atoms with Gasteiger partial charge in [-0.2, -0.15) is 0 Å². The predicted octanol–water partition coefficient (Wildman–Crippen LogP) is 4.10. The lowest BCUT2D eigenvalue weighted by atomic mass is 10.2. The molecule has 0 aliphatic heterocycles. The third-order valence-corrected chi connectivity index (χ3v) is 3.50. The maximum Gasteiger partial charge on any atom is 0.376 e. The van der Waals surface area contributed by atoms with Gasteiger partial charge >= 0.3 is 5.97 Å². The molecular weight excluding hydrogens is 318 g/mol. The second kappa shape index (κ2) is 6.26. The van der Waals surface area contributed by atoms with Gasteiger partial charge in [0.25, 0.3) is 0 Å². The monoisotopic (exact) mass is 331 g/mol. The normalized spacial score (nSPS) is 10.7. The minimum absolute atomic E-state index is 0.101. The first-order chi connectivity index (χ1) is 11.1. The molecule has 23 heavy (non-hydrogen) atoms. The van der Waals surface area contributed by atoms with Crippen LogP contribution >= 0.6 is 11.6 Å². The maximum atomic E-state index is 12.2. The van der Waals surface area contributed by atoms with E-state index in [1.165, 1.54) is 0 Å². The molecule has 3 rings (SSSR count). The van der Waals surface area contributed by atoms with Crippen molar-refractivity contribution in [3.05, 3.63) is 47.2 Å². The van der Waals surface area contributed by atoms with Crippen molar-refractivity contribution in [2.45, 2.75) is 13.8 Å². The van der Waals surface area contributed by atoms with Gasteiger partial charge in [-0.05, 0) is 31.5 Å². The molecule has 0 fully saturated rings. The molecule has 0 bridgehead atoms. The lowest BCUT2D eigenvalue weighted by Gasteiger charge is -2.09. The molecule has 0 atom stereocenters. The molecule has 3 heterocycles. The summed E-state index contributed by atoms with van der Waals surface area (Å²) < 4.78 is 10.7. The number of carbonyl (C=O) groups excluding carboxylic acids is 1. The van der Waals surface area contributed by atoms with E-state index in [2.05, 4.69) is 15.3 Å². The smallest absolute Gasteiger partial charge is 0.376 e. The van der Waals surface area contributed by atoms with Gasteiger partial charge in [0.2, 0.25) is 5.76 Å². The average molecular weight is 332 g/mol. The molecule has 0 aliphatic carbocycles. The van der Waals surface area contributed by atoms with Crippen LogP contribution < -0.4 is 5.32 Å². The van der Waals surface area contributed by atoms with Crippen molar-refractivity contribution < 1.29 is 13.9 Å². The van der Waals surface area contributed by atoms with Crippen molar-refractivity contribution >= 4 is 39.9 Å². The van der Waals surface area contributed by atoms with E-state index in [0.717, 1.165) is 16.6 Å². The molecule has 0 spiro atoms. The number of anilines is 2. The Morgan fingerprint density at radius 3 is 3.00 bits per heavy atom. The third-order valence-electron chi connectivity index (χ3n) is 3.29. The molecular formula is C16H14ClN3O3. The summed E-state index contributed by atoms with van der Waals surface area (Å²) in [6.45, 7) is 3.89. The van der Waals surface area contributed by atoms with Crippen molar-refractivity contribution in [2.75, 3.05) is 11.9 Å². The number of furan rings is 1. The van der Waals surface area contributed by atoms with E-state index in [1.807, 2.05) is 6.92 Å². The van der Waals surface area contributed by atoms with E-state index < -0.39 is 5.97 Å². The fourth-order valence-electron chi connectivity index (χ4n) is 2.20. The molecule has 0 saturated heterocycles. The van der Waals surface area contributed by atoms with Crippen LogP contribution in [-0.4, -0.2) is 22.5 Å². The summed E-state index contributed by atoms with van der Waals surface area (Å²) in [4.78, 5) is 20.2. The summed E-state index contributed by atoms with van der Waals surface area (Å²) in [5.41, 5.74) is 2.63. The highest BCUT2D eigenvalue weighted by Crippen LogP contribution is 2.34. The van der Waals surface area contributed by atoms with E-state index in [1.54, 1.807) is 37.6 Å². The van der Waals surface area contributed by atoms with E-state index in [4.69, 9.17) is 20.8 Å². The number of carbonyl (C=O) groups is 1. The molecule has 118 valence electrons. The number of pyridine rings is 2. The van der Waals surface area contributed by atoms with Crippen LogP contribution in [0.3, 0.4) is 0 Å². The maximum absolute atomic E-state index is 12.2. The number of halogens is 1. The number of rotatable bonds is 4. The Labute approximate surface area is 137 Å². The van der Waals surface area contributed by atoms with Crippen LogP contribution in [0.15, 0.2) is 35.1 Å². The molecule has 0 aliphatic rings. The number of aromatic nitrogens is 2. The van der Waals surface area contributed by atoms with Crippen LogP contribution in [0.4, 0.5) is 11.4 Å². The standard InChI is InChI=1S/C16H14ClN3O3/c1-3-22-16(21)15-14(10-4-5-18-8-12(10)23-15)20-11-7-19-13(17)6-9(11)2/h4-8,20H,3H2,1-2H3. The highest BCUT2D eigenvalue weighted by atomic mass is 35.5. The molecule has 7 heteroatoms. The topological polar surface area (TPSA) is 77.2 Å². The van der Waals surface area contributed by atoms with E-state index in [0.29, 0.717) is 16.4 Å². The second-order valence-electron chi connectivity index (χ2n) is 4.85. The van der Waals surface area contributed by atoms with E-state index in [9.17, 15) is 4.79 Å². The van der Waals surface area contributed by atoms with Crippen LogP contribution in [0.5, 0.6) is 0 Å². The number of ether oxygens (including phenoxy) is 1. The number of nitrogens with one attached hydrogen (secondary N) is 1. The zero-order valence-electron chi connectivity index (χ0n) is 12.6. The first-order valence-electron chi connectivity index (χ1n) is 7.03. The highest BCUT2D eigenvalue weighted by molar-refractivity contribution is 6.29. The first-order valence-corrected chi connectivity index (χ1v) is 7.40. The minimum atomic E-state index is -0.536. The number of aryl methyl sites for hydroxylation is 1. The molecule has 3 aromatic rings. The Balaban J connectivity index is 2.10. The summed E-state index contributed by atoms with van der Waals surface area (Å²) >= 11 is 5.88. The van der Waals surface area contributed by atoms with Gasteiger partial charge in [-0.15, -0.1) is 0 Å². The van der Waals surface area contributed by atoms with Crippen molar-refractivity contribution in [1.29, 1.82) is 0 Å². The first kappa shape index (κ1) is 15.3. The Hall–Kier alpha value is -2.60. The van der Waals surface area contributed by atoms with Gasteiger partial charge in [0.05, 0.1) is 24.7 Å². The summed E-state index contributed by atoms with van der Waals surface area (Å²) in [7, 11) is 0. The van der Waals surface area contributed by atoms with Crippen molar-refractivity contribution in [1.82, 2.24) is 9.97 Å². The van der Waals surface area contributed by atoms with Gasteiger partial charge in [-0.1, -0.05) is 11.6 Å². The average Bonchev–Trinajstić information content (AvgIpc) is 2.89. The predicted molar refractivity (Wildman–Crippen MR) is 87.2 cm³/mol. The summed E-state index contributed by atoms with van der Waals surface area (Å²) in [6, 6.07) is 3.50. The molecule has 0 radical (unpaired) electrons. The van der Waals surface area contributed by atoms with Gasteiger partial charge in [-0.3, -0.25) is 4.98 Å². The van der Waals surface area contributed by atoms with Gasteiger partial charge in [0, 0.05) is 11.6 Å². The van der Waals surface area contributed by atoms with Crippen LogP contribution in [0.1, 0.15) is 23.0 Å². The Morgan fingerprint density at radius 2 is 2.26 bits per heavy atom. The van der Waals surface area contributed by atoms with Crippen LogP contribution in [0.25, 0.3) is 11.0 Å². The molecule has 0 aromatic carbocycles. The number of esters is 1. The molecule has 0 amide bonds. The minimum Gasteiger partial charge on any atom is -0.460 e. The summed E-state index contributed by atoms with van der Waals surface area (Å²) in [5, 5.41) is 4.32. The molecule has 3 aromatic heterocycles. The zero-order chi connectivity index (χ0) is 16.4. The van der Waals surface area contributed by atoms with E-state index in [-0.39, 0.29) is 12.4 Å². The molecule has 6 nitrogen and oxygen atoms in total. The number of nitrogens with zero attached hydrogens (tertiary/aromatic N) is 2. The number of hydrogen-bond acceptors (Lipinski definition) is 6. The summed E-state index contributed by atoms with van der Waals surface area (Å²) in [5.74, 6) is -0.435. The second-order valence-corrected chi connectivity index (χ2v) is 5.23. The Morgan fingerprint density at radius 1 is 1.43 bits per heavy atom. The van der Waals surface area contributed by atoms with Crippen LogP contribution in [0, 0.1) is 6.92 Å². The van der Waals surface area contributed by atoms with Crippen molar-refractivity contribution in [3.8, 4) is 0 Å². The Kier molecular flexibility index (Phi) is 4.16. The fourth-order valence-corrected chi connectivity index (χ4v) is 2.42. The highest BCUT2D eigenvalue weighted by Gasteiger charge is 2.22. The quantitative estimate of drug-likeness (QED) is 0.572. The van der Waals surface area contributed by atoms with Gasteiger partial charge < -0.3 is 14.5 Å². The van der Waals surface area contributed by atoms with Crippen LogP contribution in [-0.2, 0) is 4.74 Å². The number of hydrogen-bond donors (Lipinski definition) is 1. The van der Waals surface area contributed by atoms with Gasteiger partial charge in [-0.25, -0.2) is 9.78 Å². The fraction of sp³-hybridized carbons (Fsp3) is 0.188. The Bertz CT molecular complexity index is 876. The SMILES string of the molecule is CCOC(=O)c1oc2cnccc2c1Nc1cnc(Cl)cc1C. The molecule has 0 saturated carbocycles. The molecule has 0 unspecified atom stereocenters. The lowest BCUT2D eigenvalue weighted by molar-refractivity contribution is 0.0494. The number of fused-ring (bicyclic) bond motifs is 1. The third kappa shape index (κ3) is 2.98. The lowest BCUT2D eigenvalue weighted by Crippen LogP contribution is -2.06. The zero-order valence-corrected chi connectivity index (χ0v) is 13.3. The molecule has 1 N–H and O–H groups in total. The van der Waals surface area contributed by atoms with Crippen molar-refractivity contribution in [3.63, 3.8) is 0 Å². The largest absolute Gasteiger partial charge is 0.460 e. The van der Waals surface area contributed by atoms with Gasteiger partial charge in [0.15, 0.2) is 5.58 Å². The van der Waals surface area contributed by atoms with Gasteiger partial charge in [0.1, 0.15) is 10.8 Å². The van der Waals surface area contributed by atoms with Crippen LogP contribution in [0.2, 0.25) is 5.15 Å². The van der Waals surface area contributed by atoms with E-state index >= 15 is 0 Å². The van der Waals surface area contributed by atoms with Crippen molar-refractivity contribution in [2.24, 2.45) is 0 Å².